The van der Waals surface area contributed by atoms with Crippen molar-refractivity contribution in [1.29, 1.82) is 0 Å². The SMILES string of the molecule is CCCN(CC(=O)N(C)C)c1ccc(CO)cc1Cl. The first-order valence-electron chi connectivity index (χ1n) is 6.34. The van der Waals surface area contributed by atoms with Gasteiger partial charge in [-0.15, -0.1) is 0 Å². The minimum absolute atomic E-state index is 0.0373. The van der Waals surface area contributed by atoms with Gasteiger partial charge in [-0.05, 0) is 24.1 Å². The Hall–Kier alpha value is -1.26. The number of aliphatic hydroxyl groups excluding tert-OH is 1. The minimum atomic E-state index is -0.0373. The molecular formula is C14H21ClN2O2. The third-order valence-corrected chi connectivity index (χ3v) is 3.16. The van der Waals surface area contributed by atoms with Crippen molar-refractivity contribution in [1.82, 2.24) is 4.90 Å². The molecule has 0 bridgehead atoms. The van der Waals surface area contributed by atoms with Gasteiger partial charge in [0.05, 0.1) is 23.9 Å². The molecule has 0 aliphatic rings. The quantitative estimate of drug-likeness (QED) is 0.870. The number of aliphatic hydroxyl groups is 1. The lowest BCUT2D eigenvalue weighted by molar-refractivity contribution is -0.127. The van der Waals surface area contributed by atoms with Gasteiger partial charge in [-0.3, -0.25) is 4.79 Å². The Kier molecular flexibility index (Phi) is 6.12. The lowest BCUT2D eigenvalue weighted by atomic mass is 10.2. The van der Waals surface area contributed by atoms with Gasteiger partial charge in [0.1, 0.15) is 0 Å². The van der Waals surface area contributed by atoms with Crippen molar-refractivity contribution in [2.24, 2.45) is 0 Å². The van der Waals surface area contributed by atoms with Crippen LogP contribution in [0.15, 0.2) is 18.2 Å². The fourth-order valence-corrected chi connectivity index (χ4v) is 2.09. The molecule has 1 aromatic rings. The maximum absolute atomic E-state index is 11.8. The highest BCUT2D eigenvalue weighted by atomic mass is 35.5. The van der Waals surface area contributed by atoms with Crippen LogP contribution in [0.25, 0.3) is 0 Å². The standard InChI is InChI=1S/C14H21ClN2O2/c1-4-7-17(9-14(19)16(2)3)13-6-5-11(10-18)8-12(13)15/h5-6,8,18H,4,7,9-10H2,1-3H3. The van der Waals surface area contributed by atoms with Crippen molar-refractivity contribution in [3.05, 3.63) is 28.8 Å². The van der Waals surface area contributed by atoms with Gasteiger partial charge >= 0.3 is 0 Å². The second-order valence-corrected chi connectivity index (χ2v) is 5.06. The molecule has 0 aromatic heterocycles. The molecule has 0 aliphatic carbocycles. The average molecular weight is 285 g/mol. The van der Waals surface area contributed by atoms with Crippen molar-refractivity contribution in [2.45, 2.75) is 20.0 Å². The zero-order valence-corrected chi connectivity index (χ0v) is 12.4. The molecule has 1 aromatic carbocycles. The molecule has 4 nitrogen and oxygen atoms in total. The molecule has 5 heteroatoms. The first kappa shape index (κ1) is 15.8. The third kappa shape index (κ3) is 4.40. The highest BCUT2D eigenvalue weighted by molar-refractivity contribution is 6.33. The molecule has 0 unspecified atom stereocenters. The highest BCUT2D eigenvalue weighted by Gasteiger charge is 2.15. The van der Waals surface area contributed by atoms with E-state index in [0.29, 0.717) is 11.6 Å². The number of rotatable bonds is 6. The van der Waals surface area contributed by atoms with Crippen LogP contribution in [0.4, 0.5) is 5.69 Å². The second-order valence-electron chi connectivity index (χ2n) is 4.65. The van der Waals surface area contributed by atoms with Crippen LogP contribution in [0.3, 0.4) is 0 Å². The summed E-state index contributed by atoms with van der Waals surface area (Å²) in [5.41, 5.74) is 1.60. The van der Waals surface area contributed by atoms with Crippen LogP contribution >= 0.6 is 11.6 Å². The van der Waals surface area contributed by atoms with Crippen molar-refractivity contribution >= 4 is 23.2 Å². The molecule has 0 atom stereocenters. The lowest BCUT2D eigenvalue weighted by Gasteiger charge is -2.26. The van der Waals surface area contributed by atoms with Gasteiger partial charge in [0, 0.05) is 20.6 Å². The first-order valence-corrected chi connectivity index (χ1v) is 6.71. The predicted molar refractivity (Wildman–Crippen MR) is 78.6 cm³/mol. The van der Waals surface area contributed by atoms with E-state index in [1.54, 1.807) is 25.1 Å². The number of benzene rings is 1. The largest absolute Gasteiger partial charge is 0.392 e. The zero-order chi connectivity index (χ0) is 14.4. The van der Waals surface area contributed by atoms with Gasteiger partial charge in [-0.1, -0.05) is 24.6 Å². The monoisotopic (exact) mass is 284 g/mol. The van der Waals surface area contributed by atoms with Crippen molar-refractivity contribution in [3.63, 3.8) is 0 Å². The number of hydrogen-bond acceptors (Lipinski definition) is 3. The average Bonchev–Trinajstić information content (AvgIpc) is 2.37. The van der Waals surface area contributed by atoms with Gasteiger partial charge in [-0.25, -0.2) is 0 Å². The van der Waals surface area contributed by atoms with Crippen LogP contribution < -0.4 is 4.90 Å². The number of carbonyl (C=O) groups is 1. The number of carbonyl (C=O) groups excluding carboxylic acids is 1. The number of nitrogens with zero attached hydrogens (tertiary/aromatic N) is 2. The van der Waals surface area contributed by atoms with Crippen LogP contribution in [-0.2, 0) is 11.4 Å². The zero-order valence-electron chi connectivity index (χ0n) is 11.7. The number of likely N-dealkylation sites (N-methyl/N-ethyl adjacent to an activating group) is 1. The van der Waals surface area contributed by atoms with E-state index < -0.39 is 0 Å². The lowest BCUT2D eigenvalue weighted by Crippen LogP contribution is -2.37. The molecule has 0 saturated heterocycles. The summed E-state index contributed by atoms with van der Waals surface area (Å²) in [6.07, 6.45) is 0.929. The summed E-state index contributed by atoms with van der Waals surface area (Å²) in [7, 11) is 3.48. The van der Waals surface area contributed by atoms with Crippen molar-refractivity contribution in [2.75, 3.05) is 32.1 Å². The number of halogens is 1. The summed E-state index contributed by atoms with van der Waals surface area (Å²) in [6.45, 7) is 3.09. The molecule has 1 amide bonds. The molecule has 0 heterocycles. The topological polar surface area (TPSA) is 43.8 Å². The Labute approximate surface area is 119 Å². The van der Waals surface area contributed by atoms with E-state index in [1.807, 2.05) is 17.0 Å². The summed E-state index contributed by atoms with van der Waals surface area (Å²) in [4.78, 5) is 15.4. The Morgan fingerprint density at radius 2 is 2.05 bits per heavy atom. The fourth-order valence-electron chi connectivity index (χ4n) is 1.76. The summed E-state index contributed by atoms with van der Waals surface area (Å²) >= 11 is 6.22. The van der Waals surface area contributed by atoms with E-state index in [1.165, 1.54) is 0 Å². The molecule has 0 saturated carbocycles. The summed E-state index contributed by atoms with van der Waals surface area (Å²) in [5, 5.41) is 9.64. The molecule has 1 N–H and O–H groups in total. The third-order valence-electron chi connectivity index (χ3n) is 2.85. The van der Waals surface area contributed by atoms with E-state index in [0.717, 1.165) is 24.2 Å². The molecule has 0 spiro atoms. The summed E-state index contributed by atoms with van der Waals surface area (Å²) < 4.78 is 0. The van der Waals surface area contributed by atoms with Crippen LogP contribution in [0.5, 0.6) is 0 Å². The summed E-state index contributed by atoms with van der Waals surface area (Å²) in [5.74, 6) is 0.0377. The molecule has 1 rings (SSSR count). The van der Waals surface area contributed by atoms with Gasteiger partial charge in [-0.2, -0.15) is 0 Å². The Balaban J connectivity index is 2.95. The predicted octanol–water partition coefficient (Wildman–Crippen LogP) is 2.14. The molecule has 0 aliphatic heterocycles. The van der Waals surface area contributed by atoms with E-state index in [-0.39, 0.29) is 12.5 Å². The molecule has 0 fully saturated rings. The van der Waals surface area contributed by atoms with Crippen LogP contribution in [0, 0.1) is 0 Å². The minimum Gasteiger partial charge on any atom is -0.392 e. The molecule has 19 heavy (non-hydrogen) atoms. The molecule has 106 valence electrons. The molecule has 0 radical (unpaired) electrons. The summed E-state index contributed by atoms with van der Waals surface area (Å²) in [6, 6.07) is 5.41. The van der Waals surface area contributed by atoms with Gasteiger partial charge in [0.15, 0.2) is 0 Å². The van der Waals surface area contributed by atoms with E-state index >= 15 is 0 Å². The Morgan fingerprint density at radius 3 is 2.53 bits per heavy atom. The van der Waals surface area contributed by atoms with Gasteiger partial charge in [0.25, 0.3) is 0 Å². The number of amides is 1. The smallest absolute Gasteiger partial charge is 0.241 e. The first-order chi connectivity index (χ1) is 8.99. The van der Waals surface area contributed by atoms with Crippen LogP contribution in [0.1, 0.15) is 18.9 Å². The highest BCUT2D eigenvalue weighted by Crippen LogP contribution is 2.27. The Morgan fingerprint density at radius 1 is 1.37 bits per heavy atom. The number of anilines is 1. The fraction of sp³-hybridized carbons (Fsp3) is 0.500. The molecular weight excluding hydrogens is 264 g/mol. The van der Waals surface area contributed by atoms with Gasteiger partial charge in [0.2, 0.25) is 5.91 Å². The maximum atomic E-state index is 11.8. The van der Waals surface area contributed by atoms with E-state index in [2.05, 4.69) is 6.92 Å². The van der Waals surface area contributed by atoms with Crippen LogP contribution in [0.2, 0.25) is 5.02 Å². The second kappa shape index (κ2) is 7.36. The number of hydrogen-bond donors (Lipinski definition) is 1. The van der Waals surface area contributed by atoms with Crippen LogP contribution in [-0.4, -0.2) is 43.1 Å². The maximum Gasteiger partial charge on any atom is 0.241 e. The Bertz CT molecular complexity index is 435. The van der Waals surface area contributed by atoms with E-state index in [4.69, 9.17) is 16.7 Å². The van der Waals surface area contributed by atoms with Gasteiger partial charge < -0.3 is 14.9 Å². The normalized spacial score (nSPS) is 10.4. The van der Waals surface area contributed by atoms with Crippen molar-refractivity contribution < 1.29 is 9.90 Å². The van der Waals surface area contributed by atoms with Crippen molar-refractivity contribution in [3.8, 4) is 0 Å². The van der Waals surface area contributed by atoms with E-state index in [9.17, 15) is 4.79 Å².